The van der Waals surface area contributed by atoms with Crippen LogP contribution in [0.1, 0.15) is 17.7 Å². The van der Waals surface area contributed by atoms with Crippen molar-refractivity contribution in [1.82, 2.24) is 4.90 Å². The molecule has 1 aromatic heterocycles. The molecule has 1 fully saturated rings. The molecule has 138 valence electrons. The number of benzene rings is 1. The molecule has 0 saturated carbocycles. The summed E-state index contributed by atoms with van der Waals surface area (Å²) in [5, 5.41) is 1.97. The van der Waals surface area contributed by atoms with Crippen molar-refractivity contribution in [2.75, 3.05) is 28.7 Å². The molecule has 0 N–H and O–H groups in total. The molecule has 3 heterocycles. The Labute approximate surface area is 157 Å². The van der Waals surface area contributed by atoms with Crippen molar-refractivity contribution >= 4 is 38.8 Å². The lowest BCUT2D eigenvalue weighted by Gasteiger charge is -2.36. The van der Waals surface area contributed by atoms with Crippen LogP contribution in [0.4, 0.5) is 11.4 Å². The Morgan fingerprint density at radius 3 is 2.46 bits per heavy atom. The summed E-state index contributed by atoms with van der Waals surface area (Å²) in [6.07, 6.45) is 1.73. The monoisotopic (exact) mass is 391 g/mol. The molecule has 1 amide bonds. The lowest BCUT2D eigenvalue weighted by molar-refractivity contribution is -0.131. The van der Waals surface area contributed by atoms with Crippen molar-refractivity contribution in [3.05, 3.63) is 46.7 Å². The van der Waals surface area contributed by atoms with Crippen molar-refractivity contribution in [2.45, 2.75) is 25.3 Å². The Balaban J connectivity index is 1.47. The van der Waals surface area contributed by atoms with E-state index in [2.05, 4.69) is 0 Å². The maximum atomic E-state index is 12.8. The summed E-state index contributed by atoms with van der Waals surface area (Å²) in [5.41, 5.74) is 1.45. The van der Waals surface area contributed by atoms with Gasteiger partial charge in [0.2, 0.25) is 5.91 Å². The second kappa shape index (κ2) is 6.59. The SMILES string of the molecule is CN1c2ccccc2N(C2CCN(C(=O)Cc3cccs3)CC2)S1(=O)=O. The Morgan fingerprint density at radius 1 is 1.12 bits per heavy atom. The van der Waals surface area contributed by atoms with Gasteiger partial charge >= 0.3 is 10.2 Å². The first-order valence-corrected chi connectivity index (χ1v) is 10.9. The number of thiophene rings is 1. The Morgan fingerprint density at radius 2 is 1.81 bits per heavy atom. The number of anilines is 2. The molecular weight excluding hydrogens is 370 g/mol. The molecule has 4 rings (SSSR count). The third-order valence-corrected chi connectivity index (χ3v) is 7.86. The normalized spacial score (nSPS) is 19.7. The number of fused-ring (bicyclic) bond motifs is 1. The van der Waals surface area contributed by atoms with Crippen LogP contribution in [0.25, 0.3) is 0 Å². The summed E-state index contributed by atoms with van der Waals surface area (Å²) in [6, 6.07) is 11.2. The molecule has 2 aliphatic heterocycles. The lowest BCUT2D eigenvalue weighted by atomic mass is 10.0. The van der Waals surface area contributed by atoms with E-state index in [0.717, 1.165) is 10.6 Å². The first-order valence-electron chi connectivity index (χ1n) is 8.66. The summed E-state index contributed by atoms with van der Waals surface area (Å²) < 4.78 is 28.6. The highest BCUT2D eigenvalue weighted by Gasteiger charge is 2.43. The lowest BCUT2D eigenvalue weighted by Crippen LogP contribution is -2.49. The van der Waals surface area contributed by atoms with Crippen molar-refractivity contribution in [3.8, 4) is 0 Å². The van der Waals surface area contributed by atoms with Gasteiger partial charge in [0.1, 0.15) is 0 Å². The van der Waals surface area contributed by atoms with Crippen LogP contribution >= 0.6 is 11.3 Å². The topological polar surface area (TPSA) is 60.9 Å². The van der Waals surface area contributed by atoms with Gasteiger partial charge in [0, 0.05) is 25.0 Å². The molecule has 1 aromatic carbocycles. The number of para-hydroxylation sites is 2. The van der Waals surface area contributed by atoms with E-state index in [0.29, 0.717) is 38.0 Å². The zero-order chi connectivity index (χ0) is 18.3. The first kappa shape index (κ1) is 17.4. The molecule has 0 atom stereocenters. The van der Waals surface area contributed by atoms with Crippen LogP contribution in [-0.2, 0) is 21.4 Å². The van der Waals surface area contributed by atoms with E-state index >= 15 is 0 Å². The fourth-order valence-corrected chi connectivity index (χ4v) is 6.06. The number of rotatable bonds is 3. The minimum atomic E-state index is -3.54. The number of piperidine rings is 1. The Hall–Kier alpha value is -2.06. The second-order valence-corrected chi connectivity index (χ2v) is 9.50. The van der Waals surface area contributed by atoms with E-state index in [1.54, 1.807) is 22.7 Å². The summed E-state index contributed by atoms with van der Waals surface area (Å²) in [5.74, 6) is 0.118. The van der Waals surface area contributed by atoms with E-state index < -0.39 is 10.2 Å². The van der Waals surface area contributed by atoms with Crippen LogP contribution in [0.2, 0.25) is 0 Å². The highest BCUT2D eigenvalue weighted by molar-refractivity contribution is 7.94. The van der Waals surface area contributed by atoms with Crippen LogP contribution in [0, 0.1) is 0 Å². The molecule has 6 nitrogen and oxygen atoms in total. The summed E-state index contributed by atoms with van der Waals surface area (Å²) in [4.78, 5) is 15.4. The minimum absolute atomic E-state index is 0.114. The van der Waals surface area contributed by atoms with Crippen molar-refractivity contribution in [1.29, 1.82) is 0 Å². The highest BCUT2D eigenvalue weighted by atomic mass is 32.2. The zero-order valence-corrected chi connectivity index (χ0v) is 16.2. The number of amides is 1. The summed E-state index contributed by atoms with van der Waals surface area (Å²) >= 11 is 1.59. The van der Waals surface area contributed by atoms with Gasteiger partial charge in [0.15, 0.2) is 0 Å². The van der Waals surface area contributed by atoms with Gasteiger partial charge in [-0.25, -0.2) is 4.31 Å². The van der Waals surface area contributed by atoms with E-state index in [-0.39, 0.29) is 11.9 Å². The Kier molecular flexibility index (Phi) is 4.40. The number of hydrogen-bond donors (Lipinski definition) is 0. The van der Waals surface area contributed by atoms with Gasteiger partial charge < -0.3 is 4.90 Å². The number of carbonyl (C=O) groups is 1. The van der Waals surface area contributed by atoms with E-state index in [9.17, 15) is 13.2 Å². The molecule has 0 bridgehead atoms. The maximum absolute atomic E-state index is 12.8. The van der Waals surface area contributed by atoms with Gasteiger partial charge in [-0.05, 0) is 36.4 Å². The fraction of sp³-hybridized carbons (Fsp3) is 0.389. The third kappa shape index (κ3) is 2.87. The maximum Gasteiger partial charge on any atom is 0.326 e. The molecular formula is C18H21N3O3S2. The van der Waals surface area contributed by atoms with Crippen LogP contribution in [0.5, 0.6) is 0 Å². The van der Waals surface area contributed by atoms with Crippen LogP contribution in [-0.4, -0.2) is 45.4 Å². The molecule has 2 aliphatic rings. The highest BCUT2D eigenvalue weighted by Crippen LogP contribution is 2.42. The van der Waals surface area contributed by atoms with Crippen molar-refractivity contribution < 1.29 is 13.2 Å². The van der Waals surface area contributed by atoms with Crippen LogP contribution in [0.15, 0.2) is 41.8 Å². The van der Waals surface area contributed by atoms with Gasteiger partial charge in [-0.1, -0.05) is 18.2 Å². The molecule has 0 unspecified atom stereocenters. The van der Waals surface area contributed by atoms with Crippen molar-refractivity contribution in [2.24, 2.45) is 0 Å². The predicted octanol–water partition coefficient (Wildman–Crippen LogP) is 2.48. The van der Waals surface area contributed by atoms with Gasteiger partial charge in [-0.2, -0.15) is 8.42 Å². The van der Waals surface area contributed by atoms with Crippen LogP contribution in [0.3, 0.4) is 0 Å². The van der Waals surface area contributed by atoms with E-state index in [1.807, 2.05) is 46.7 Å². The molecule has 26 heavy (non-hydrogen) atoms. The molecule has 1 saturated heterocycles. The average molecular weight is 392 g/mol. The second-order valence-electron chi connectivity index (χ2n) is 6.63. The van der Waals surface area contributed by atoms with Crippen molar-refractivity contribution in [3.63, 3.8) is 0 Å². The smallest absolute Gasteiger partial charge is 0.326 e. The van der Waals surface area contributed by atoms with Crippen LogP contribution < -0.4 is 8.61 Å². The fourth-order valence-electron chi connectivity index (χ4n) is 3.71. The molecule has 2 aromatic rings. The largest absolute Gasteiger partial charge is 0.342 e. The first-order chi connectivity index (χ1) is 12.5. The van der Waals surface area contributed by atoms with Gasteiger partial charge in [0.05, 0.1) is 23.8 Å². The summed E-state index contributed by atoms with van der Waals surface area (Å²) in [6.45, 7) is 1.18. The molecule has 8 heteroatoms. The van der Waals surface area contributed by atoms with E-state index in [4.69, 9.17) is 0 Å². The average Bonchev–Trinajstić information content (AvgIpc) is 3.21. The molecule has 0 aliphatic carbocycles. The number of hydrogen-bond acceptors (Lipinski definition) is 4. The zero-order valence-electron chi connectivity index (χ0n) is 14.5. The number of nitrogens with zero attached hydrogens (tertiary/aromatic N) is 3. The number of likely N-dealkylation sites (tertiary alicyclic amines) is 1. The third-order valence-electron chi connectivity index (χ3n) is 5.11. The van der Waals surface area contributed by atoms with E-state index in [1.165, 1.54) is 4.31 Å². The predicted molar refractivity (Wildman–Crippen MR) is 104 cm³/mol. The Bertz CT molecular complexity index is 904. The quantitative estimate of drug-likeness (QED) is 0.808. The summed E-state index contributed by atoms with van der Waals surface area (Å²) in [7, 11) is -1.95. The van der Waals surface area contributed by atoms with Gasteiger partial charge in [0.25, 0.3) is 0 Å². The molecule has 0 spiro atoms. The minimum Gasteiger partial charge on any atom is -0.342 e. The standard InChI is InChI=1S/C18H21N3O3S2/c1-19-16-6-2-3-7-17(16)21(26(19,23)24)14-8-10-20(11-9-14)18(22)13-15-5-4-12-25-15/h2-7,12,14H,8-11,13H2,1H3. The number of carbonyl (C=O) groups excluding carboxylic acids is 1. The van der Waals surface area contributed by atoms with Gasteiger partial charge in [-0.3, -0.25) is 9.10 Å². The molecule has 0 radical (unpaired) electrons. The van der Waals surface area contributed by atoms with Gasteiger partial charge in [-0.15, -0.1) is 11.3 Å².